The number of urea groups is 1. The zero-order chi connectivity index (χ0) is 15.5. The van der Waals surface area contributed by atoms with Gasteiger partial charge in [-0.25, -0.2) is 9.59 Å². The summed E-state index contributed by atoms with van der Waals surface area (Å²) >= 11 is 1.89. The molecule has 1 atom stereocenters. The number of carbonyl (C=O) groups is 2. The van der Waals surface area contributed by atoms with Crippen LogP contribution >= 0.6 is 11.8 Å². The highest BCUT2D eigenvalue weighted by atomic mass is 32.2. The summed E-state index contributed by atoms with van der Waals surface area (Å²) in [5, 5.41) is 14.6. The first-order valence-electron chi connectivity index (χ1n) is 6.92. The molecule has 1 unspecified atom stereocenters. The summed E-state index contributed by atoms with van der Waals surface area (Å²) in [6, 6.07) is 4.39. The zero-order valence-corrected chi connectivity index (χ0v) is 13.0. The number of hydrogen-bond acceptors (Lipinski definition) is 3. The van der Waals surface area contributed by atoms with Gasteiger partial charge in [0.2, 0.25) is 0 Å². The van der Waals surface area contributed by atoms with Crippen molar-refractivity contribution in [3.8, 4) is 0 Å². The lowest BCUT2D eigenvalue weighted by Gasteiger charge is -2.23. The minimum atomic E-state index is -0.972. The van der Waals surface area contributed by atoms with Crippen LogP contribution in [0, 0.1) is 6.92 Å². The molecule has 1 aliphatic rings. The Morgan fingerprint density at radius 2 is 2.19 bits per heavy atom. The molecule has 1 saturated heterocycles. The third-order valence-corrected chi connectivity index (χ3v) is 5.18. The Balaban J connectivity index is 1.92. The van der Waals surface area contributed by atoms with E-state index in [0.29, 0.717) is 12.2 Å². The number of aromatic carboxylic acids is 1. The molecule has 0 spiro atoms. The van der Waals surface area contributed by atoms with Gasteiger partial charge in [-0.05, 0) is 56.2 Å². The molecule has 1 aromatic carbocycles. The second-order valence-electron chi connectivity index (χ2n) is 5.54. The Labute approximate surface area is 128 Å². The number of carboxylic acid groups (broad SMARTS) is 1. The topological polar surface area (TPSA) is 78.4 Å². The third-order valence-electron chi connectivity index (χ3n) is 3.64. The quantitative estimate of drug-likeness (QED) is 0.798. The first-order valence-corrected chi connectivity index (χ1v) is 7.91. The monoisotopic (exact) mass is 308 g/mol. The number of thioether (sulfide) groups is 1. The zero-order valence-electron chi connectivity index (χ0n) is 12.2. The predicted octanol–water partition coefficient (Wildman–Crippen LogP) is 3.10. The minimum absolute atomic E-state index is 0.125. The van der Waals surface area contributed by atoms with Crippen LogP contribution in [-0.2, 0) is 0 Å². The van der Waals surface area contributed by atoms with E-state index in [9.17, 15) is 9.59 Å². The molecule has 0 radical (unpaired) electrons. The molecule has 0 aromatic heterocycles. The molecular weight excluding hydrogens is 288 g/mol. The number of aryl methyl sites for hydroxylation is 1. The normalized spacial score (nSPS) is 21.0. The Hall–Kier alpha value is -1.69. The average Bonchev–Trinajstić information content (AvgIpc) is 2.86. The number of benzene rings is 1. The van der Waals surface area contributed by atoms with Crippen LogP contribution in [0.2, 0.25) is 0 Å². The summed E-state index contributed by atoms with van der Waals surface area (Å²) < 4.78 is 0.125. The Morgan fingerprint density at radius 1 is 1.43 bits per heavy atom. The fourth-order valence-electron chi connectivity index (χ4n) is 2.35. The van der Waals surface area contributed by atoms with Crippen LogP contribution in [0.15, 0.2) is 18.2 Å². The van der Waals surface area contributed by atoms with E-state index in [1.165, 1.54) is 12.5 Å². The summed E-state index contributed by atoms with van der Waals surface area (Å²) in [6.07, 6.45) is 2.31. The maximum atomic E-state index is 11.9. The van der Waals surface area contributed by atoms with Crippen molar-refractivity contribution in [3.05, 3.63) is 29.3 Å². The van der Waals surface area contributed by atoms with Crippen molar-refractivity contribution in [2.75, 3.05) is 17.6 Å². The lowest BCUT2D eigenvalue weighted by Crippen LogP contribution is -2.39. The average molecular weight is 308 g/mol. The van der Waals surface area contributed by atoms with Crippen molar-refractivity contribution in [2.24, 2.45) is 0 Å². The Morgan fingerprint density at radius 3 is 2.76 bits per heavy atom. The summed E-state index contributed by atoms with van der Waals surface area (Å²) in [5.74, 6) is 0.176. The predicted molar refractivity (Wildman–Crippen MR) is 85.3 cm³/mol. The van der Waals surface area contributed by atoms with E-state index in [0.717, 1.165) is 17.7 Å². The second kappa shape index (κ2) is 6.39. The molecule has 0 saturated carbocycles. The van der Waals surface area contributed by atoms with Crippen molar-refractivity contribution in [2.45, 2.75) is 31.4 Å². The maximum absolute atomic E-state index is 11.9. The standard InChI is InChI=1S/C15H20N2O3S/c1-10-8-11(13(18)19)4-5-12(10)17-14(20)16-9-15(2)6-3-7-21-15/h4-5,8H,3,6-7,9H2,1-2H3,(H,18,19)(H2,16,17,20). The fourth-order valence-corrected chi connectivity index (χ4v) is 3.59. The molecule has 21 heavy (non-hydrogen) atoms. The maximum Gasteiger partial charge on any atom is 0.335 e. The number of amides is 2. The van der Waals surface area contributed by atoms with Gasteiger partial charge in [0, 0.05) is 17.0 Å². The van der Waals surface area contributed by atoms with E-state index in [1.807, 2.05) is 11.8 Å². The van der Waals surface area contributed by atoms with Gasteiger partial charge in [0.25, 0.3) is 0 Å². The first kappa shape index (κ1) is 15.7. The van der Waals surface area contributed by atoms with Gasteiger partial charge in [-0.2, -0.15) is 11.8 Å². The van der Waals surface area contributed by atoms with Crippen LogP contribution in [0.25, 0.3) is 0 Å². The largest absolute Gasteiger partial charge is 0.478 e. The molecule has 1 heterocycles. The number of carboxylic acids is 1. The van der Waals surface area contributed by atoms with Gasteiger partial charge in [-0.15, -0.1) is 0 Å². The van der Waals surface area contributed by atoms with Gasteiger partial charge in [0.1, 0.15) is 0 Å². The van der Waals surface area contributed by atoms with Gasteiger partial charge < -0.3 is 15.7 Å². The SMILES string of the molecule is Cc1cc(C(=O)O)ccc1NC(=O)NCC1(C)CCCS1. The third kappa shape index (κ3) is 4.14. The highest BCUT2D eigenvalue weighted by Crippen LogP contribution is 2.36. The van der Waals surface area contributed by atoms with Gasteiger partial charge in [-0.1, -0.05) is 0 Å². The van der Waals surface area contributed by atoms with Gasteiger partial charge in [0.05, 0.1) is 5.56 Å². The van der Waals surface area contributed by atoms with Crippen molar-refractivity contribution >= 4 is 29.4 Å². The second-order valence-corrected chi connectivity index (χ2v) is 7.23. The van der Waals surface area contributed by atoms with E-state index >= 15 is 0 Å². The van der Waals surface area contributed by atoms with E-state index in [1.54, 1.807) is 19.1 Å². The van der Waals surface area contributed by atoms with E-state index in [4.69, 9.17) is 5.11 Å². The van der Waals surface area contributed by atoms with Crippen LogP contribution < -0.4 is 10.6 Å². The summed E-state index contributed by atoms with van der Waals surface area (Å²) in [5.41, 5.74) is 1.57. The molecule has 5 nitrogen and oxygen atoms in total. The summed E-state index contributed by atoms with van der Waals surface area (Å²) in [7, 11) is 0. The Bertz CT molecular complexity index is 554. The van der Waals surface area contributed by atoms with Crippen LogP contribution in [-0.4, -0.2) is 34.2 Å². The highest BCUT2D eigenvalue weighted by molar-refractivity contribution is 8.00. The molecule has 3 N–H and O–H groups in total. The van der Waals surface area contributed by atoms with E-state index < -0.39 is 5.97 Å². The molecule has 114 valence electrons. The minimum Gasteiger partial charge on any atom is -0.478 e. The summed E-state index contributed by atoms with van der Waals surface area (Å²) in [6.45, 7) is 4.57. The number of carbonyl (C=O) groups excluding carboxylic acids is 1. The van der Waals surface area contributed by atoms with E-state index in [2.05, 4.69) is 17.6 Å². The number of hydrogen-bond donors (Lipinski definition) is 3. The summed E-state index contributed by atoms with van der Waals surface area (Å²) in [4.78, 5) is 22.8. The molecule has 0 bridgehead atoms. The molecule has 0 aliphatic carbocycles. The molecule has 1 aliphatic heterocycles. The van der Waals surface area contributed by atoms with Crippen LogP contribution in [0.1, 0.15) is 35.7 Å². The van der Waals surface area contributed by atoms with E-state index in [-0.39, 0.29) is 16.3 Å². The van der Waals surface area contributed by atoms with Gasteiger partial charge in [-0.3, -0.25) is 0 Å². The molecule has 2 rings (SSSR count). The van der Waals surface area contributed by atoms with Crippen molar-refractivity contribution in [1.82, 2.24) is 5.32 Å². The van der Waals surface area contributed by atoms with Crippen molar-refractivity contribution in [1.29, 1.82) is 0 Å². The number of rotatable bonds is 4. The molecule has 1 aromatic rings. The van der Waals surface area contributed by atoms with Crippen LogP contribution in [0.3, 0.4) is 0 Å². The van der Waals surface area contributed by atoms with Gasteiger partial charge >= 0.3 is 12.0 Å². The molecule has 6 heteroatoms. The highest BCUT2D eigenvalue weighted by Gasteiger charge is 2.29. The smallest absolute Gasteiger partial charge is 0.335 e. The first-order chi connectivity index (χ1) is 9.89. The van der Waals surface area contributed by atoms with Crippen molar-refractivity contribution < 1.29 is 14.7 Å². The number of anilines is 1. The molecule has 1 fully saturated rings. The van der Waals surface area contributed by atoms with Crippen LogP contribution in [0.4, 0.5) is 10.5 Å². The fraction of sp³-hybridized carbons (Fsp3) is 0.467. The van der Waals surface area contributed by atoms with Crippen molar-refractivity contribution in [3.63, 3.8) is 0 Å². The number of nitrogens with one attached hydrogen (secondary N) is 2. The molecule has 2 amide bonds. The van der Waals surface area contributed by atoms with Gasteiger partial charge in [0.15, 0.2) is 0 Å². The molecular formula is C15H20N2O3S. The lowest BCUT2D eigenvalue weighted by atomic mass is 10.1. The Kier molecular flexibility index (Phi) is 4.77. The van der Waals surface area contributed by atoms with Crippen LogP contribution in [0.5, 0.6) is 0 Å². The lowest BCUT2D eigenvalue weighted by molar-refractivity contribution is 0.0697.